The van der Waals surface area contributed by atoms with Gasteiger partial charge in [0.05, 0.1) is 6.61 Å². The van der Waals surface area contributed by atoms with Gasteiger partial charge >= 0.3 is 0 Å². The van der Waals surface area contributed by atoms with Gasteiger partial charge in [0.25, 0.3) is 0 Å². The quantitative estimate of drug-likeness (QED) is 0.399. The molecule has 0 spiro atoms. The fraction of sp³-hybridized carbons (Fsp3) is 0.613. The van der Waals surface area contributed by atoms with E-state index in [2.05, 4.69) is 73.1 Å². The number of hydrogen-bond donors (Lipinski definition) is 0. The maximum Gasteiger partial charge on any atom is 0.199 e. The molecule has 5 aliphatic rings. The van der Waals surface area contributed by atoms with Gasteiger partial charge in [-0.15, -0.1) is 0 Å². The minimum Gasteiger partial charge on any atom is -0.464 e. The molecule has 34 heavy (non-hydrogen) atoms. The van der Waals surface area contributed by atoms with Crippen LogP contribution in [-0.2, 0) is 15.6 Å². The molecule has 4 aliphatic carbocycles. The van der Waals surface area contributed by atoms with Crippen LogP contribution in [0.2, 0.25) is 0 Å². The summed E-state index contributed by atoms with van der Waals surface area (Å²) < 4.78 is 14.2. The lowest BCUT2D eigenvalue weighted by atomic mass is 9.47. The zero-order valence-electron chi connectivity index (χ0n) is 21.0. The average Bonchev–Trinajstić information content (AvgIpc) is 2.79. The summed E-state index contributed by atoms with van der Waals surface area (Å²) in [5, 5.41) is 0. The van der Waals surface area contributed by atoms with Gasteiger partial charge in [0.1, 0.15) is 5.75 Å². The molecule has 0 N–H and O–H groups in total. The highest BCUT2D eigenvalue weighted by Gasteiger charge is 2.53. The largest absolute Gasteiger partial charge is 0.464 e. The van der Waals surface area contributed by atoms with Crippen LogP contribution in [0.5, 0.6) is 5.75 Å². The Hall–Kier alpha value is -1.32. The van der Waals surface area contributed by atoms with Gasteiger partial charge in [0.2, 0.25) is 0 Å². The minimum atomic E-state index is -0.136. The van der Waals surface area contributed by atoms with Gasteiger partial charge in [-0.25, -0.2) is 0 Å². The molecule has 2 aromatic rings. The van der Waals surface area contributed by atoms with Crippen LogP contribution < -0.4 is 4.74 Å². The first-order valence-electron chi connectivity index (χ1n) is 13.5. The van der Waals surface area contributed by atoms with E-state index in [0.717, 1.165) is 47.4 Å². The van der Waals surface area contributed by atoms with Gasteiger partial charge in [0, 0.05) is 22.0 Å². The summed E-state index contributed by atoms with van der Waals surface area (Å²) in [6, 6.07) is 13.6. The van der Waals surface area contributed by atoms with E-state index >= 15 is 0 Å². The predicted octanol–water partition coefficient (Wildman–Crippen LogP) is 8.79. The second-order valence-corrected chi connectivity index (χ2v) is 13.6. The van der Waals surface area contributed by atoms with Crippen molar-refractivity contribution in [3.05, 3.63) is 52.0 Å². The summed E-state index contributed by atoms with van der Waals surface area (Å²) in [5.41, 5.74) is 5.70. The van der Waals surface area contributed by atoms with Crippen molar-refractivity contribution in [1.82, 2.24) is 0 Å². The molecule has 4 saturated carbocycles. The van der Waals surface area contributed by atoms with Crippen molar-refractivity contribution < 1.29 is 9.47 Å². The first-order valence-corrected chi connectivity index (χ1v) is 14.3. The smallest absolute Gasteiger partial charge is 0.199 e. The Bertz CT molecular complexity index is 1020. The summed E-state index contributed by atoms with van der Waals surface area (Å²) in [6.45, 7) is 7.85. The molecule has 1 saturated heterocycles. The lowest BCUT2D eigenvalue weighted by molar-refractivity contribution is -0.107. The molecule has 1 atom stereocenters. The molecule has 7 rings (SSSR count). The summed E-state index contributed by atoms with van der Waals surface area (Å²) in [4.78, 5) is 0. The Morgan fingerprint density at radius 2 is 1.59 bits per heavy atom. The lowest BCUT2D eigenvalue weighted by Crippen LogP contribution is -2.49. The first kappa shape index (κ1) is 23.1. The monoisotopic (exact) mass is 522 g/mol. The number of rotatable bonds is 4. The van der Waals surface area contributed by atoms with Crippen LogP contribution in [0.4, 0.5) is 0 Å². The van der Waals surface area contributed by atoms with E-state index in [1.807, 2.05) is 0 Å². The molecule has 182 valence electrons. The van der Waals surface area contributed by atoms with Gasteiger partial charge in [-0.05, 0) is 103 Å². The Morgan fingerprint density at radius 3 is 2.18 bits per heavy atom. The third kappa shape index (κ3) is 4.15. The highest BCUT2D eigenvalue weighted by Crippen LogP contribution is 2.63. The maximum absolute atomic E-state index is 6.94. The van der Waals surface area contributed by atoms with Crippen LogP contribution in [0.15, 0.2) is 40.9 Å². The summed E-state index contributed by atoms with van der Waals surface area (Å²) in [7, 11) is 0. The second kappa shape index (κ2) is 8.66. The Kier molecular flexibility index (Phi) is 5.88. The molecular weight excluding hydrogens is 484 g/mol. The predicted molar refractivity (Wildman–Crippen MR) is 142 cm³/mol. The molecule has 0 aromatic heterocycles. The van der Waals surface area contributed by atoms with Crippen LogP contribution >= 0.6 is 15.9 Å². The Balaban J connectivity index is 1.57. The molecule has 1 unspecified atom stereocenters. The van der Waals surface area contributed by atoms with E-state index in [1.54, 1.807) is 0 Å². The van der Waals surface area contributed by atoms with Crippen LogP contribution in [0.25, 0.3) is 11.1 Å². The highest BCUT2D eigenvalue weighted by molar-refractivity contribution is 9.10. The fourth-order valence-electron chi connectivity index (χ4n) is 7.84. The van der Waals surface area contributed by atoms with Crippen LogP contribution in [0.3, 0.4) is 0 Å². The number of hydrogen-bond acceptors (Lipinski definition) is 2. The normalized spacial score (nSPS) is 32.7. The fourth-order valence-corrected chi connectivity index (χ4v) is 8.34. The molecule has 0 radical (unpaired) electrons. The molecular formula is C31H39BrO2. The second-order valence-electron chi connectivity index (χ2n) is 12.7. The Labute approximate surface area is 213 Å². The number of benzene rings is 2. The molecule has 5 fully saturated rings. The van der Waals surface area contributed by atoms with E-state index in [9.17, 15) is 0 Å². The van der Waals surface area contributed by atoms with E-state index < -0.39 is 0 Å². The lowest BCUT2D eigenvalue weighted by Gasteiger charge is -2.57. The number of halogens is 1. The van der Waals surface area contributed by atoms with Gasteiger partial charge < -0.3 is 9.47 Å². The van der Waals surface area contributed by atoms with Crippen molar-refractivity contribution in [2.75, 3.05) is 6.61 Å². The van der Waals surface area contributed by atoms with E-state index in [-0.39, 0.29) is 17.1 Å². The molecule has 0 amide bonds. The molecule has 2 aromatic carbocycles. The van der Waals surface area contributed by atoms with Crippen LogP contribution in [0, 0.1) is 17.8 Å². The highest BCUT2D eigenvalue weighted by atomic mass is 79.9. The Morgan fingerprint density at radius 1 is 0.912 bits per heavy atom. The molecule has 1 aliphatic heterocycles. The van der Waals surface area contributed by atoms with Crippen LogP contribution in [-0.4, -0.2) is 12.9 Å². The maximum atomic E-state index is 6.94. The average molecular weight is 524 g/mol. The van der Waals surface area contributed by atoms with Crippen molar-refractivity contribution in [3.63, 3.8) is 0 Å². The topological polar surface area (TPSA) is 18.5 Å². The van der Waals surface area contributed by atoms with Gasteiger partial charge in [-0.3, -0.25) is 0 Å². The van der Waals surface area contributed by atoms with Crippen molar-refractivity contribution >= 4 is 15.9 Å². The van der Waals surface area contributed by atoms with E-state index in [0.29, 0.717) is 0 Å². The third-order valence-electron chi connectivity index (χ3n) is 9.12. The van der Waals surface area contributed by atoms with Crippen LogP contribution in [0.1, 0.15) is 89.7 Å². The summed E-state index contributed by atoms with van der Waals surface area (Å²) in [6.07, 6.45) is 11.5. The zero-order chi connectivity index (χ0) is 23.5. The van der Waals surface area contributed by atoms with Crippen molar-refractivity contribution in [2.45, 2.75) is 95.7 Å². The SMILES string of the molecule is CC(C)(C)c1cc(-c2ccccc2Br)c(OC2CCCCO2)c(C23CC4CC(CC(C4)C2)C3)c1. The molecule has 4 bridgehead atoms. The molecule has 2 nitrogen and oxygen atoms in total. The van der Waals surface area contributed by atoms with Crippen molar-refractivity contribution in [3.8, 4) is 16.9 Å². The molecule has 1 heterocycles. The van der Waals surface area contributed by atoms with Gasteiger partial charge in [0.15, 0.2) is 6.29 Å². The standard InChI is InChI=1S/C31H39BrO2/c1-30(2,3)23-15-25(24-8-4-5-9-27(24)32)29(34-28-10-6-7-11-33-28)26(16-23)31-17-20-12-21(18-31)14-22(13-20)19-31/h4-5,8-9,15-16,20-22,28H,6-7,10-14,17-19H2,1-3H3. The third-order valence-corrected chi connectivity index (χ3v) is 9.81. The minimum absolute atomic E-state index is 0.0763. The summed E-state index contributed by atoms with van der Waals surface area (Å²) >= 11 is 3.87. The van der Waals surface area contributed by atoms with Gasteiger partial charge in [-0.1, -0.05) is 61.0 Å². The zero-order valence-corrected chi connectivity index (χ0v) is 22.6. The first-order chi connectivity index (χ1) is 16.3. The molecule has 3 heteroatoms. The van der Waals surface area contributed by atoms with Gasteiger partial charge in [-0.2, -0.15) is 0 Å². The summed E-state index contributed by atoms with van der Waals surface area (Å²) in [5.74, 6) is 3.80. The van der Waals surface area contributed by atoms with Crippen molar-refractivity contribution in [1.29, 1.82) is 0 Å². The van der Waals surface area contributed by atoms with Crippen molar-refractivity contribution in [2.24, 2.45) is 17.8 Å². The van der Waals surface area contributed by atoms with E-state index in [1.165, 1.54) is 67.2 Å². The number of ether oxygens (including phenoxy) is 2. The van der Waals surface area contributed by atoms with E-state index in [4.69, 9.17) is 9.47 Å².